The van der Waals surface area contributed by atoms with E-state index in [0.717, 1.165) is 39.1 Å². The van der Waals surface area contributed by atoms with Crippen molar-refractivity contribution in [1.29, 1.82) is 0 Å². The van der Waals surface area contributed by atoms with Gasteiger partial charge in [0.25, 0.3) is 0 Å². The highest BCUT2D eigenvalue weighted by molar-refractivity contribution is 5.20. The highest BCUT2D eigenvalue weighted by Crippen LogP contribution is 2.20. The van der Waals surface area contributed by atoms with E-state index in [1.807, 2.05) is 6.07 Å². The molecule has 21 heavy (non-hydrogen) atoms. The first-order chi connectivity index (χ1) is 10.2. The second-order valence-electron chi connectivity index (χ2n) is 5.88. The third-order valence-corrected chi connectivity index (χ3v) is 4.64. The van der Waals surface area contributed by atoms with Gasteiger partial charge in [-0.15, -0.1) is 0 Å². The Kier molecular flexibility index (Phi) is 6.15. The topological polar surface area (TPSA) is 32.5 Å². The average molecular weight is 293 g/mol. The summed E-state index contributed by atoms with van der Waals surface area (Å²) in [5.74, 6) is -0.188. The van der Waals surface area contributed by atoms with Crippen molar-refractivity contribution in [2.24, 2.45) is 5.73 Å². The molecule has 2 atom stereocenters. The maximum absolute atomic E-state index is 13.7. The number of hydrogen-bond donors (Lipinski definition) is 1. The van der Waals surface area contributed by atoms with Gasteiger partial charge in [-0.1, -0.05) is 32.0 Å². The van der Waals surface area contributed by atoms with Gasteiger partial charge < -0.3 is 10.6 Å². The Hall–Kier alpha value is -0.970. The van der Waals surface area contributed by atoms with Gasteiger partial charge in [-0.2, -0.15) is 0 Å². The second-order valence-corrected chi connectivity index (χ2v) is 5.88. The van der Waals surface area contributed by atoms with E-state index >= 15 is 0 Å². The number of likely N-dealkylation sites (N-methyl/N-ethyl adjacent to an activating group) is 1. The number of hydrogen-bond acceptors (Lipinski definition) is 3. The molecule has 1 aromatic carbocycles. The molecule has 1 heterocycles. The SMILES string of the molecule is CCN(CC)C1CCN(CCC(N)c2ccccc2F)C1. The Labute approximate surface area is 127 Å². The smallest absolute Gasteiger partial charge is 0.127 e. The molecule has 0 radical (unpaired) electrons. The molecule has 1 aromatic rings. The molecule has 0 aliphatic carbocycles. The largest absolute Gasteiger partial charge is 0.324 e. The zero-order valence-corrected chi connectivity index (χ0v) is 13.3. The number of nitrogens with zero attached hydrogens (tertiary/aromatic N) is 2. The van der Waals surface area contributed by atoms with Crippen molar-refractivity contribution in [3.8, 4) is 0 Å². The van der Waals surface area contributed by atoms with Crippen LogP contribution in [0.25, 0.3) is 0 Å². The molecule has 1 fully saturated rings. The fourth-order valence-corrected chi connectivity index (χ4v) is 3.31. The molecular formula is C17H28FN3. The summed E-state index contributed by atoms with van der Waals surface area (Å²) in [6.45, 7) is 9.87. The Morgan fingerprint density at radius 3 is 2.71 bits per heavy atom. The Morgan fingerprint density at radius 2 is 2.05 bits per heavy atom. The van der Waals surface area contributed by atoms with Crippen molar-refractivity contribution in [3.63, 3.8) is 0 Å². The minimum atomic E-state index is -0.210. The van der Waals surface area contributed by atoms with E-state index in [9.17, 15) is 4.39 Å². The first-order valence-electron chi connectivity index (χ1n) is 8.12. The van der Waals surface area contributed by atoms with E-state index in [1.54, 1.807) is 12.1 Å². The first kappa shape index (κ1) is 16.4. The summed E-state index contributed by atoms with van der Waals surface area (Å²) in [6, 6.07) is 7.30. The summed E-state index contributed by atoms with van der Waals surface area (Å²) in [6.07, 6.45) is 2.04. The lowest BCUT2D eigenvalue weighted by atomic mass is 10.0. The van der Waals surface area contributed by atoms with Gasteiger partial charge in [0.1, 0.15) is 5.82 Å². The minimum Gasteiger partial charge on any atom is -0.324 e. The van der Waals surface area contributed by atoms with E-state index in [4.69, 9.17) is 5.73 Å². The van der Waals surface area contributed by atoms with Crippen LogP contribution >= 0.6 is 0 Å². The molecule has 4 heteroatoms. The van der Waals surface area contributed by atoms with Gasteiger partial charge >= 0.3 is 0 Å². The van der Waals surface area contributed by atoms with Gasteiger partial charge in [-0.05, 0) is 38.5 Å². The van der Waals surface area contributed by atoms with E-state index in [-0.39, 0.29) is 11.9 Å². The van der Waals surface area contributed by atoms with Crippen LogP contribution < -0.4 is 5.73 Å². The van der Waals surface area contributed by atoms with E-state index < -0.39 is 0 Å². The van der Waals surface area contributed by atoms with Crippen LogP contribution in [0.5, 0.6) is 0 Å². The Morgan fingerprint density at radius 1 is 1.33 bits per heavy atom. The summed E-state index contributed by atoms with van der Waals surface area (Å²) in [5, 5.41) is 0. The fourth-order valence-electron chi connectivity index (χ4n) is 3.31. The first-order valence-corrected chi connectivity index (χ1v) is 8.12. The fraction of sp³-hybridized carbons (Fsp3) is 0.647. The van der Waals surface area contributed by atoms with Crippen LogP contribution in [0.2, 0.25) is 0 Å². The van der Waals surface area contributed by atoms with Crippen molar-refractivity contribution in [2.75, 3.05) is 32.7 Å². The van der Waals surface area contributed by atoms with Crippen molar-refractivity contribution in [1.82, 2.24) is 9.80 Å². The molecule has 0 spiro atoms. The summed E-state index contributed by atoms with van der Waals surface area (Å²) in [7, 11) is 0. The highest BCUT2D eigenvalue weighted by atomic mass is 19.1. The molecule has 1 aliphatic rings. The summed E-state index contributed by atoms with van der Waals surface area (Å²) in [5.41, 5.74) is 6.78. The quantitative estimate of drug-likeness (QED) is 0.839. The molecule has 1 saturated heterocycles. The molecule has 0 amide bonds. The lowest BCUT2D eigenvalue weighted by Gasteiger charge is -2.26. The standard InChI is InChI=1S/C17H28FN3/c1-3-21(4-2)14-9-11-20(13-14)12-10-17(19)15-7-5-6-8-16(15)18/h5-8,14,17H,3-4,9-13,19H2,1-2H3. The van der Waals surface area contributed by atoms with Gasteiger partial charge in [0.2, 0.25) is 0 Å². The Balaban J connectivity index is 1.80. The van der Waals surface area contributed by atoms with Crippen molar-refractivity contribution in [3.05, 3.63) is 35.6 Å². The van der Waals surface area contributed by atoms with Crippen LogP contribution in [0.3, 0.4) is 0 Å². The summed E-state index contributed by atoms with van der Waals surface area (Å²) < 4.78 is 13.7. The predicted molar refractivity (Wildman–Crippen MR) is 85.7 cm³/mol. The van der Waals surface area contributed by atoms with Crippen molar-refractivity contribution in [2.45, 2.75) is 38.8 Å². The molecule has 3 nitrogen and oxygen atoms in total. The number of halogens is 1. The third-order valence-electron chi connectivity index (χ3n) is 4.64. The molecule has 2 rings (SSSR count). The molecular weight excluding hydrogens is 265 g/mol. The summed E-state index contributed by atoms with van der Waals surface area (Å²) >= 11 is 0. The maximum atomic E-state index is 13.7. The van der Waals surface area contributed by atoms with E-state index in [2.05, 4.69) is 23.6 Å². The minimum absolute atomic E-state index is 0.188. The lowest BCUT2D eigenvalue weighted by Crippen LogP contribution is -2.37. The third kappa shape index (κ3) is 4.25. The van der Waals surface area contributed by atoms with Crippen LogP contribution in [0, 0.1) is 5.82 Å². The molecule has 118 valence electrons. The normalized spacial score (nSPS) is 21.1. The molecule has 2 unspecified atom stereocenters. The van der Waals surface area contributed by atoms with Gasteiger partial charge in [0.15, 0.2) is 0 Å². The molecule has 1 aliphatic heterocycles. The van der Waals surface area contributed by atoms with Crippen molar-refractivity contribution >= 4 is 0 Å². The number of rotatable bonds is 7. The van der Waals surface area contributed by atoms with Crippen LogP contribution in [-0.2, 0) is 0 Å². The number of benzene rings is 1. The van der Waals surface area contributed by atoms with Gasteiger partial charge in [0.05, 0.1) is 0 Å². The van der Waals surface area contributed by atoms with E-state index in [0.29, 0.717) is 11.6 Å². The lowest BCUT2D eigenvalue weighted by molar-refractivity contribution is 0.209. The monoisotopic (exact) mass is 293 g/mol. The van der Waals surface area contributed by atoms with E-state index in [1.165, 1.54) is 12.5 Å². The van der Waals surface area contributed by atoms with Crippen LogP contribution in [0.15, 0.2) is 24.3 Å². The van der Waals surface area contributed by atoms with Crippen LogP contribution in [0.4, 0.5) is 4.39 Å². The number of nitrogens with two attached hydrogens (primary N) is 1. The highest BCUT2D eigenvalue weighted by Gasteiger charge is 2.26. The summed E-state index contributed by atoms with van der Waals surface area (Å²) in [4.78, 5) is 4.99. The Bertz CT molecular complexity index is 434. The van der Waals surface area contributed by atoms with Crippen LogP contribution in [0.1, 0.15) is 38.3 Å². The molecule has 0 bridgehead atoms. The van der Waals surface area contributed by atoms with Gasteiger partial charge in [-0.25, -0.2) is 4.39 Å². The molecule has 2 N–H and O–H groups in total. The molecule has 0 saturated carbocycles. The maximum Gasteiger partial charge on any atom is 0.127 e. The van der Waals surface area contributed by atoms with Crippen LogP contribution in [-0.4, -0.2) is 48.6 Å². The van der Waals surface area contributed by atoms with Gasteiger partial charge in [-0.3, -0.25) is 4.90 Å². The zero-order valence-electron chi connectivity index (χ0n) is 13.3. The van der Waals surface area contributed by atoms with Gasteiger partial charge in [0, 0.05) is 30.7 Å². The molecule has 0 aromatic heterocycles. The number of likely N-dealkylation sites (tertiary alicyclic amines) is 1. The second kappa shape index (κ2) is 7.87. The average Bonchev–Trinajstić information content (AvgIpc) is 2.95. The zero-order chi connectivity index (χ0) is 15.2. The van der Waals surface area contributed by atoms with Crippen molar-refractivity contribution < 1.29 is 4.39 Å². The predicted octanol–water partition coefficient (Wildman–Crippen LogP) is 2.63.